The fourth-order valence-electron chi connectivity index (χ4n) is 4.44. The van der Waals surface area contributed by atoms with Gasteiger partial charge in [-0.2, -0.15) is 5.10 Å². The normalized spacial score (nSPS) is 15.0. The Kier molecular flexibility index (Phi) is 6.22. The van der Waals surface area contributed by atoms with E-state index in [0.29, 0.717) is 29.8 Å². The molecular weight excluding hydrogens is 444 g/mol. The van der Waals surface area contributed by atoms with Crippen molar-refractivity contribution in [1.82, 2.24) is 24.6 Å². The third kappa shape index (κ3) is 4.62. The molecule has 35 heavy (non-hydrogen) atoms. The van der Waals surface area contributed by atoms with Crippen LogP contribution in [-0.2, 0) is 11.2 Å². The van der Waals surface area contributed by atoms with Crippen LogP contribution >= 0.6 is 0 Å². The molecule has 0 spiro atoms. The summed E-state index contributed by atoms with van der Waals surface area (Å²) in [6, 6.07) is 17.5. The smallest absolute Gasteiger partial charge is 0.262 e. The van der Waals surface area contributed by atoms with E-state index in [0.717, 1.165) is 30.2 Å². The van der Waals surface area contributed by atoms with E-state index in [1.54, 1.807) is 16.6 Å². The van der Waals surface area contributed by atoms with Crippen molar-refractivity contribution < 1.29 is 9.53 Å². The molecule has 0 aliphatic carbocycles. The van der Waals surface area contributed by atoms with E-state index >= 15 is 0 Å². The quantitative estimate of drug-likeness (QED) is 0.444. The number of carbonyl (C=O) groups is 1. The van der Waals surface area contributed by atoms with Crippen molar-refractivity contribution in [2.45, 2.75) is 25.9 Å². The van der Waals surface area contributed by atoms with E-state index in [1.807, 2.05) is 48.5 Å². The van der Waals surface area contributed by atoms with Crippen LogP contribution in [0.2, 0.25) is 0 Å². The summed E-state index contributed by atoms with van der Waals surface area (Å²) in [5.41, 5.74) is 2.12. The number of aromatic amines is 1. The number of aryl methyl sites for hydroxylation is 1. The molecule has 2 aromatic carbocycles. The first kappa shape index (κ1) is 22.6. The second-order valence-electron chi connectivity index (χ2n) is 8.66. The Morgan fingerprint density at radius 1 is 1.17 bits per heavy atom. The van der Waals surface area contributed by atoms with Gasteiger partial charge in [0.1, 0.15) is 23.1 Å². The number of H-pyrrole nitrogens is 1. The summed E-state index contributed by atoms with van der Waals surface area (Å²) < 4.78 is 7.79. The van der Waals surface area contributed by atoms with E-state index < -0.39 is 0 Å². The number of nitrogens with one attached hydrogen (secondary N) is 1. The van der Waals surface area contributed by atoms with Gasteiger partial charge < -0.3 is 19.5 Å². The van der Waals surface area contributed by atoms with Gasteiger partial charge >= 0.3 is 0 Å². The lowest BCUT2D eigenvalue weighted by Crippen LogP contribution is -2.46. The third-order valence-electron chi connectivity index (χ3n) is 6.27. The highest BCUT2D eigenvalue weighted by molar-refractivity contribution is 5.77. The monoisotopic (exact) mass is 472 g/mol. The summed E-state index contributed by atoms with van der Waals surface area (Å²) in [5.74, 6) is 1.27. The zero-order valence-corrected chi connectivity index (χ0v) is 19.8. The molecule has 0 radical (unpaired) electrons. The number of hydrogen-bond acceptors (Lipinski definition) is 6. The number of aromatic nitrogens is 4. The first-order chi connectivity index (χ1) is 17.0. The Balaban J connectivity index is 1.25. The molecule has 9 nitrogen and oxygen atoms in total. The van der Waals surface area contributed by atoms with Gasteiger partial charge in [0.2, 0.25) is 5.91 Å². The molecule has 0 unspecified atom stereocenters. The number of benzene rings is 2. The van der Waals surface area contributed by atoms with Gasteiger partial charge in [-0.15, -0.1) is 0 Å². The predicted molar refractivity (Wildman–Crippen MR) is 134 cm³/mol. The van der Waals surface area contributed by atoms with Crippen molar-refractivity contribution >= 4 is 22.6 Å². The lowest BCUT2D eigenvalue weighted by molar-refractivity contribution is -0.130. The first-order valence-electron chi connectivity index (χ1n) is 11.8. The number of ether oxygens (including phenoxy) is 1. The van der Waals surface area contributed by atoms with Gasteiger partial charge in [0.05, 0.1) is 30.7 Å². The van der Waals surface area contributed by atoms with Crippen LogP contribution in [0.25, 0.3) is 16.7 Å². The van der Waals surface area contributed by atoms with Crippen LogP contribution < -0.4 is 15.2 Å². The molecule has 1 aliphatic heterocycles. The Labute approximate surface area is 203 Å². The highest BCUT2D eigenvalue weighted by Crippen LogP contribution is 2.32. The van der Waals surface area contributed by atoms with Gasteiger partial charge in [0.15, 0.2) is 5.65 Å². The summed E-state index contributed by atoms with van der Waals surface area (Å²) in [4.78, 5) is 36.8. The first-order valence-corrected chi connectivity index (χ1v) is 11.8. The van der Waals surface area contributed by atoms with E-state index in [4.69, 9.17) is 4.74 Å². The Hall–Kier alpha value is -4.14. The van der Waals surface area contributed by atoms with Gasteiger partial charge in [-0.1, -0.05) is 30.3 Å². The number of likely N-dealkylation sites (N-methyl/N-ethyl adjacent to an activating group) is 2. The van der Waals surface area contributed by atoms with Crippen molar-refractivity contribution in [2.75, 3.05) is 31.6 Å². The average molecular weight is 473 g/mol. The van der Waals surface area contributed by atoms with E-state index in [1.165, 1.54) is 6.20 Å². The molecule has 9 heteroatoms. The van der Waals surface area contributed by atoms with Gasteiger partial charge in [0.25, 0.3) is 5.56 Å². The number of anilines is 1. The lowest BCUT2D eigenvalue weighted by atomic mass is 10.1. The maximum Gasteiger partial charge on any atom is 0.262 e. The molecule has 0 saturated carbocycles. The Morgan fingerprint density at radius 2 is 1.94 bits per heavy atom. The molecule has 3 heterocycles. The molecule has 0 fully saturated rings. The van der Waals surface area contributed by atoms with Crippen LogP contribution in [0.15, 0.2) is 65.6 Å². The highest BCUT2D eigenvalue weighted by atomic mass is 16.5. The van der Waals surface area contributed by atoms with E-state index in [9.17, 15) is 9.59 Å². The van der Waals surface area contributed by atoms with Crippen LogP contribution in [0.3, 0.4) is 0 Å². The zero-order chi connectivity index (χ0) is 24.4. The van der Waals surface area contributed by atoms with Crippen molar-refractivity contribution in [3.8, 4) is 11.4 Å². The SMILES string of the molecule is CCN1C[C@H](CN(C)C(=O)CCc2nc3c(cnn3-c3ccccc3)c(=O)[nH]2)Oc2ccccc21. The predicted octanol–water partition coefficient (Wildman–Crippen LogP) is 2.79. The number of nitrogens with zero attached hydrogens (tertiary/aromatic N) is 5. The fourth-order valence-corrected chi connectivity index (χ4v) is 4.44. The number of amides is 1. The van der Waals surface area contributed by atoms with Gasteiger partial charge in [-0.05, 0) is 31.2 Å². The Morgan fingerprint density at radius 3 is 2.74 bits per heavy atom. The number of carbonyl (C=O) groups excluding carboxylic acids is 1. The molecule has 0 bridgehead atoms. The van der Waals surface area contributed by atoms with Crippen molar-refractivity contribution in [3.05, 3.63) is 77.0 Å². The number of hydrogen-bond donors (Lipinski definition) is 1. The minimum Gasteiger partial charge on any atom is -0.485 e. The number of para-hydroxylation sites is 3. The maximum absolute atomic E-state index is 12.9. The molecule has 1 atom stereocenters. The molecule has 1 N–H and O–H groups in total. The largest absolute Gasteiger partial charge is 0.485 e. The third-order valence-corrected chi connectivity index (χ3v) is 6.27. The van der Waals surface area contributed by atoms with Crippen LogP contribution in [0, 0.1) is 0 Å². The second kappa shape index (κ2) is 9.61. The molecule has 5 rings (SSSR count). The fraction of sp³-hybridized carbons (Fsp3) is 0.308. The minimum absolute atomic E-state index is 0.0326. The molecular formula is C26H28N6O3. The van der Waals surface area contributed by atoms with Crippen LogP contribution in [-0.4, -0.2) is 63.3 Å². The highest BCUT2D eigenvalue weighted by Gasteiger charge is 2.26. The summed E-state index contributed by atoms with van der Waals surface area (Å²) in [6.07, 6.45) is 1.95. The standard InChI is InChI=1S/C26H28N6O3/c1-3-31-17-19(35-22-12-8-7-11-21(22)31)16-30(2)24(33)14-13-23-28-25-20(26(34)29-23)15-27-32(25)18-9-5-4-6-10-18/h4-12,15,19H,3,13-14,16-17H2,1-2H3,(H,28,29,34)/t19-/m0/s1. The maximum atomic E-state index is 12.9. The van der Waals surface area contributed by atoms with E-state index in [2.05, 4.69) is 33.0 Å². The molecule has 4 aromatic rings. The van der Waals surface area contributed by atoms with E-state index in [-0.39, 0.29) is 24.0 Å². The second-order valence-corrected chi connectivity index (χ2v) is 8.66. The van der Waals surface area contributed by atoms with Crippen LogP contribution in [0.5, 0.6) is 5.75 Å². The molecule has 1 aliphatic rings. The van der Waals surface area contributed by atoms with Gasteiger partial charge in [-0.25, -0.2) is 9.67 Å². The molecule has 180 valence electrons. The summed E-state index contributed by atoms with van der Waals surface area (Å²) in [6.45, 7) is 4.19. The van der Waals surface area contributed by atoms with Gasteiger partial charge in [0, 0.05) is 26.4 Å². The van der Waals surface area contributed by atoms with Crippen LogP contribution in [0.4, 0.5) is 5.69 Å². The van der Waals surface area contributed by atoms with Crippen molar-refractivity contribution in [1.29, 1.82) is 0 Å². The Bertz CT molecular complexity index is 1400. The topological polar surface area (TPSA) is 96.4 Å². The van der Waals surface area contributed by atoms with Gasteiger partial charge in [-0.3, -0.25) is 9.59 Å². The summed E-state index contributed by atoms with van der Waals surface area (Å²) in [5, 5.41) is 4.74. The minimum atomic E-state index is -0.262. The summed E-state index contributed by atoms with van der Waals surface area (Å²) in [7, 11) is 1.78. The average Bonchev–Trinajstić information content (AvgIpc) is 3.32. The summed E-state index contributed by atoms with van der Waals surface area (Å²) >= 11 is 0. The number of fused-ring (bicyclic) bond motifs is 2. The lowest BCUT2D eigenvalue weighted by Gasteiger charge is -2.37. The van der Waals surface area contributed by atoms with Crippen molar-refractivity contribution in [3.63, 3.8) is 0 Å². The number of rotatable bonds is 7. The zero-order valence-electron chi connectivity index (χ0n) is 19.8. The molecule has 2 aromatic heterocycles. The molecule has 1 amide bonds. The van der Waals surface area contributed by atoms with Crippen LogP contribution in [0.1, 0.15) is 19.2 Å². The molecule has 0 saturated heterocycles. The van der Waals surface area contributed by atoms with Crippen molar-refractivity contribution in [2.24, 2.45) is 0 Å².